The predicted octanol–water partition coefficient (Wildman–Crippen LogP) is 2.32. The van der Waals surface area contributed by atoms with E-state index in [0.29, 0.717) is 12.1 Å². The van der Waals surface area contributed by atoms with E-state index < -0.39 is 0 Å². The van der Waals surface area contributed by atoms with E-state index in [2.05, 4.69) is 5.32 Å². The summed E-state index contributed by atoms with van der Waals surface area (Å²) in [4.78, 5) is 11.7. The lowest BCUT2D eigenvalue weighted by atomic mass is 10.2. The third-order valence-corrected chi connectivity index (χ3v) is 2.40. The maximum absolute atomic E-state index is 11.7. The summed E-state index contributed by atoms with van der Waals surface area (Å²) in [6, 6.07) is 16.0. The van der Waals surface area contributed by atoms with E-state index in [4.69, 9.17) is 0 Å². The number of phenolic OH excluding ortho intramolecular Hbond substituents is 1. The average molecular weight is 227 g/mol. The molecule has 0 bridgehead atoms. The maximum atomic E-state index is 11.7. The average Bonchev–Trinajstić information content (AvgIpc) is 2.37. The normalized spacial score (nSPS) is 9.88. The molecule has 0 saturated carbocycles. The summed E-state index contributed by atoms with van der Waals surface area (Å²) in [5.41, 5.74) is 1.50. The molecule has 1 amide bonds. The second-order valence-corrected chi connectivity index (χ2v) is 3.72. The molecule has 86 valence electrons. The summed E-state index contributed by atoms with van der Waals surface area (Å²) in [5.74, 6) is -0.0953. The first-order chi connectivity index (χ1) is 8.25. The summed E-state index contributed by atoms with van der Waals surface area (Å²) in [6.45, 7) is 0.481. The van der Waals surface area contributed by atoms with Gasteiger partial charge in [0.05, 0.1) is 0 Å². The van der Waals surface area contributed by atoms with Crippen molar-refractivity contribution in [3.8, 4) is 5.75 Å². The van der Waals surface area contributed by atoms with Gasteiger partial charge in [-0.05, 0) is 23.8 Å². The van der Waals surface area contributed by atoms with E-state index >= 15 is 0 Å². The highest BCUT2D eigenvalue weighted by Gasteiger charge is 2.05. The number of hydrogen-bond acceptors (Lipinski definition) is 2. The Morgan fingerprint density at radius 1 is 1.06 bits per heavy atom. The van der Waals surface area contributed by atoms with E-state index in [-0.39, 0.29) is 11.7 Å². The third kappa shape index (κ3) is 3.08. The number of phenols is 1. The summed E-state index contributed by atoms with van der Waals surface area (Å²) in [7, 11) is 0. The van der Waals surface area contributed by atoms with E-state index in [1.54, 1.807) is 12.1 Å². The van der Waals surface area contributed by atoms with E-state index in [1.807, 2.05) is 30.3 Å². The first-order valence-corrected chi connectivity index (χ1v) is 5.37. The first-order valence-electron chi connectivity index (χ1n) is 5.37. The van der Waals surface area contributed by atoms with Gasteiger partial charge in [0, 0.05) is 12.1 Å². The minimum Gasteiger partial charge on any atom is -0.508 e. The Hall–Kier alpha value is -2.29. The zero-order valence-corrected chi connectivity index (χ0v) is 9.26. The van der Waals surface area contributed by atoms with E-state index in [1.165, 1.54) is 12.1 Å². The predicted molar refractivity (Wildman–Crippen MR) is 65.7 cm³/mol. The summed E-state index contributed by atoms with van der Waals surface area (Å²) in [6.07, 6.45) is 0. The van der Waals surface area contributed by atoms with Gasteiger partial charge < -0.3 is 10.4 Å². The number of rotatable bonds is 3. The molecule has 0 aromatic heterocycles. The maximum Gasteiger partial charge on any atom is 0.251 e. The topological polar surface area (TPSA) is 49.3 Å². The van der Waals surface area contributed by atoms with Crippen LogP contribution in [0.2, 0.25) is 0 Å². The highest BCUT2D eigenvalue weighted by molar-refractivity contribution is 5.94. The van der Waals surface area contributed by atoms with E-state index in [9.17, 15) is 9.90 Å². The standard InChI is InChI=1S/C14H13NO2/c16-13-8-4-7-12(9-13)14(17)15-10-11-5-2-1-3-6-11/h1-9,16H,10H2,(H,15,17). The molecule has 2 rings (SSSR count). The molecule has 3 nitrogen and oxygen atoms in total. The molecule has 0 spiro atoms. The zero-order chi connectivity index (χ0) is 12.1. The Morgan fingerprint density at radius 2 is 1.82 bits per heavy atom. The van der Waals surface area contributed by atoms with Crippen LogP contribution in [0.25, 0.3) is 0 Å². The molecule has 0 unspecified atom stereocenters. The molecular formula is C14H13NO2. The molecule has 0 saturated heterocycles. The van der Waals surface area contributed by atoms with Crippen LogP contribution in [-0.4, -0.2) is 11.0 Å². The van der Waals surface area contributed by atoms with Crippen molar-refractivity contribution in [3.63, 3.8) is 0 Å². The zero-order valence-electron chi connectivity index (χ0n) is 9.26. The molecule has 2 aromatic rings. The molecule has 0 aliphatic carbocycles. The second-order valence-electron chi connectivity index (χ2n) is 3.72. The van der Waals surface area contributed by atoms with Crippen molar-refractivity contribution in [2.75, 3.05) is 0 Å². The van der Waals surface area contributed by atoms with Crippen molar-refractivity contribution < 1.29 is 9.90 Å². The van der Waals surface area contributed by atoms with Crippen LogP contribution in [0, 0.1) is 0 Å². The monoisotopic (exact) mass is 227 g/mol. The Kier molecular flexibility index (Phi) is 3.40. The fourth-order valence-electron chi connectivity index (χ4n) is 1.53. The van der Waals surface area contributed by atoms with Crippen LogP contribution in [0.1, 0.15) is 15.9 Å². The van der Waals surface area contributed by atoms with Crippen molar-refractivity contribution in [2.45, 2.75) is 6.54 Å². The van der Waals surface area contributed by atoms with E-state index in [0.717, 1.165) is 5.56 Å². The molecule has 0 aliphatic heterocycles. The Balaban J connectivity index is 1.98. The smallest absolute Gasteiger partial charge is 0.251 e. The summed E-state index contributed by atoms with van der Waals surface area (Å²) < 4.78 is 0. The number of benzene rings is 2. The van der Waals surface area contributed by atoms with Gasteiger partial charge in [0.15, 0.2) is 0 Å². The van der Waals surface area contributed by atoms with Crippen LogP contribution < -0.4 is 5.32 Å². The number of amides is 1. The minimum atomic E-state index is -0.190. The van der Waals surface area contributed by atoms with Crippen molar-refractivity contribution in [3.05, 3.63) is 65.7 Å². The molecule has 2 N–H and O–H groups in total. The SMILES string of the molecule is O=C(NCc1ccccc1)c1cccc(O)c1. The first kappa shape index (κ1) is 11.2. The van der Waals surface area contributed by atoms with Gasteiger partial charge in [-0.3, -0.25) is 4.79 Å². The van der Waals surface area contributed by atoms with Crippen LogP contribution in [0.3, 0.4) is 0 Å². The molecule has 3 heteroatoms. The Labute approximate surface area is 99.7 Å². The Morgan fingerprint density at radius 3 is 2.53 bits per heavy atom. The second kappa shape index (κ2) is 5.16. The minimum absolute atomic E-state index is 0.0948. The molecular weight excluding hydrogens is 214 g/mol. The largest absolute Gasteiger partial charge is 0.508 e. The lowest BCUT2D eigenvalue weighted by Crippen LogP contribution is -2.22. The van der Waals surface area contributed by atoms with Crippen molar-refractivity contribution in [1.29, 1.82) is 0 Å². The summed E-state index contributed by atoms with van der Waals surface area (Å²) in [5, 5.41) is 12.1. The lowest BCUT2D eigenvalue weighted by molar-refractivity contribution is 0.0950. The van der Waals surface area contributed by atoms with Gasteiger partial charge in [-0.25, -0.2) is 0 Å². The van der Waals surface area contributed by atoms with Crippen LogP contribution in [0.15, 0.2) is 54.6 Å². The molecule has 0 fully saturated rings. The van der Waals surface area contributed by atoms with Gasteiger partial charge in [-0.2, -0.15) is 0 Å². The third-order valence-electron chi connectivity index (χ3n) is 2.40. The van der Waals surface area contributed by atoms with Crippen LogP contribution in [0.5, 0.6) is 5.75 Å². The number of hydrogen-bond donors (Lipinski definition) is 2. The molecule has 0 radical (unpaired) electrons. The van der Waals surface area contributed by atoms with Gasteiger partial charge in [-0.15, -0.1) is 0 Å². The molecule has 2 aromatic carbocycles. The fourth-order valence-corrected chi connectivity index (χ4v) is 1.53. The summed E-state index contributed by atoms with van der Waals surface area (Å²) >= 11 is 0. The Bertz CT molecular complexity index is 509. The fraction of sp³-hybridized carbons (Fsp3) is 0.0714. The quantitative estimate of drug-likeness (QED) is 0.845. The van der Waals surface area contributed by atoms with Gasteiger partial charge in [-0.1, -0.05) is 36.4 Å². The van der Waals surface area contributed by atoms with Gasteiger partial charge in [0.25, 0.3) is 5.91 Å². The van der Waals surface area contributed by atoms with Gasteiger partial charge in [0.2, 0.25) is 0 Å². The van der Waals surface area contributed by atoms with Crippen molar-refractivity contribution in [2.24, 2.45) is 0 Å². The number of carbonyl (C=O) groups excluding carboxylic acids is 1. The molecule has 0 atom stereocenters. The molecule has 17 heavy (non-hydrogen) atoms. The highest BCUT2D eigenvalue weighted by atomic mass is 16.3. The number of carbonyl (C=O) groups is 1. The van der Waals surface area contributed by atoms with Crippen LogP contribution in [-0.2, 0) is 6.54 Å². The lowest BCUT2D eigenvalue weighted by Gasteiger charge is -2.05. The molecule has 0 aliphatic rings. The van der Waals surface area contributed by atoms with Crippen molar-refractivity contribution >= 4 is 5.91 Å². The number of nitrogens with one attached hydrogen (secondary N) is 1. The van der Waals surface area contributed by atoms with Crippen LogP contribution in [0.4, 0.5) is 0 Å². The highest BCUT2D eigenvalue weighted by Crippen LogP contribution is 2.10. The van der Waals surface area contributed by atoms with Gasteiger partial charge in [0.1, 0.15) is 5.75 Å². The van der Waals surface area contributed by atoms with Crippen LogP contribution >= 0.6 is 0 Å². The number of aromatic hydroxyl groups is 1. The van der Waals surface area contributed by atoms with Gasteiger partial charge >= 0.3 is 0 Å². The van der Waals surface area contributed by atoms with Crippen molar-refractivity contribution in [1.82, 2.24) is 5.32 Å². The molecule has 0 heterocycles.